The van der Waals surface area contributed by atoms with E-state index in [1.54, 1.807) is 27.8 Å². The molecule has 0 saturated heterocycles. The van der Waals surface area contributed by atoms with Gasteiger partial charge in [-0.3, -0.25) is 4.79 Å². The van der Waals surface area contributed by atoms with Gasteiger partial charge in [0.2, 0.25) is 0 Å². The average molecular weight is 423 g/mol. The third-order valence-electron chi connectivity index (χ3n) is 5.41. The van der Waals surface area contributed by atoms with E-state index in [0.29, 0.717) is 11.3 Å². The van der Waals surface area contributed by atoms with Crippen LogP contribution in [0.1, 0.15) is 37.1 Å². The lowest BCUT2D eigenvalue weighted by atomic mass is 9.76. The Morgan fingerprint density at radius 3 is 2.57 bits per heavy atom. The summed E-state index contributed by atoms with van der Waals surface area (Å²) in [5.41, 5.74) is 5.53. The van der Waals surface area contributed by atoms with Gasteiger partial charge in [-0.15, -0.1) is 11.3 Å². The van der Waals surface area contributed by atoms with Crippen LogP contribution in [0.25, 0.3) is 0 Å². The van der Waals surface area contributed by atoms with Gasteiger partial charge in [0, 0.05) is 23.2 Å². The maximum Gasteiger partial charge on any atom is 0.417 e. The molecule has 8 heteroatoms. The zero-order chi connectivity index (χ0) is 21.8. The lowest BCUT2D eigenvalue weighted by Crippen LogP contribution is -2.56. The van der Waals surface area contributed by atoms with Crippen molar-refractivity contribution < 1.29 is 14.3 Å². The first-order valence-corrected chi connectivity index (χ1v) is 10.4. The number of hydrogen-bond acceptors (Lipinski definition) is 6. The molecule has 2 aliphatic rings. The van der Waals surface area contributed by atoms with Gasteiger partial charge in [0.05, 0.1) is 17.6 Å². The number of anilines is 1. The van der Waals surface area contributed by atoms with Crippen LogP contribution in [-0.2, 0) is 15.1 Å². The molecule has 0 radical (unpaired) electrons. The number of nitrogens with zero attached hydrogens (tertiary/aromatic N) is 3. The topological polar surface area (TPSA) is 99.7 Å². The number of amides is 2. The Balaban J connectivity index is 2.05. The first kappa shape index (κ1) is 20.0. The van der Waals surface area contributed by atoms with Crippen molar-refractivity contribution in [1.29, 1.82) is 5.26 Å². The molecule has 0 aliphatic carbocycles. The number of nitrogens with two attached hydrogens (primary N) is 1. The van der Waals surface area contributed by atoms with Gasteiger partial charge >= 0.3 is 6.09 Å². The minimum absolute atomic E-state index is 0.0522. The fourth-order valence-electron chi connectivity index (χ4n) is 4.34. The predicted octanol–water partition coefficient (Wildman–Crippen LogP) is 3.65. The van der Waals surface area contributed by atoms with E-state index in [2.05, 4.69) is 6.07 Å². The summed E-state index contributed by atoms with van der Waals surface area (Å²) >= 11 is 1.42. The van der Waals surface area contributed by atoms with E-state index in [-0.39, 0.29) is 17.3 Å². The normalized spacial score (nSPS) is 23.2. The van der Waals surface area contributed by atoms with Crippen LogP contribution in [0.4, 0.5) is 10.5 Å². The Morgan fingerprint density at radius 1 is 1.27 bits per heavy atom. The quantitative estimate of drug-likeness (QED) is 0.756. The van der Waals surface area contributed by atoms with Crippen LogP contribution < -0.4 is 10.6 Å². The zero-order valence-electron chi connectivity index (χ0n) is 17.2. The fourth-order valence-corrected chi connectivity index (χ4v) is 5.23. The van der Waals surface area contributed by atoms with Crippen molar-refractivity contribution in [3.8, 4) is 6.07 Å². The maximum atomic E-state index is 13.9. The number of hydrogen-bond donors (Lipinski definition) is 1. The molecule has 1 aromatic heterocycles. The van der Waals surface area contributed by atoms with Crippen molar-refractivity contribution in [2.45, 2.75) is 37.8 Å². The molecule has 1 spiro atoms. The van der Waals surface area contributed by atoms with E-state index < -0.39 is 23.2 Å². The second kappa shape index (κ2) is 6.61. The molecule has 3 heterocycles. The molecule has 2 amide bonds. The Labute approximate surface area is 178 Å². The SMILES string of the molecule is CN1C(=O)[C@]2(c3ccccc31)[C@H](c1cccs1)C(C#N)=C(N)N2C(=O)OC(C)(C)C. The van der Waals surface area contributed by atoms with E-state index in [0.717, 1.165) is 4.88 Å². The third-order valence-corrected chi connectivity index (χ3v) is 6.34. The maximum absolute atomic E-state index is 13.9. The molecule has 2 N–H and O–H groups in total. The molecule has 1 aromatic carbocycles. The monoisotopic (exact) mass is 422 g/mol. The molecule has 30 heavy (non-hydrogen) atoms. The molecule has 0 saturated carbocycles. The average Bonchev–Trinajstić information content (AvgIpc) is 3.34. The van der Waals surface area contributed by atoms with E-state index in [1.807, 2.05) is 41.8 Å². The van der Waals surface area contributed by atoms with Crippen molar-refractivity contribution >= 4 is 29.0 Å². The van der Waals surface area contributed by atoms with Gasteiger partial charge in [0.15, 0.2) is 5.54 Å². The third kappa shape index (κ3) is 2.55. The standard InChI is InChI=1S/C22H22N4O3S/c1-21(2,3)29-20(28)26-18(24)13(12-23)17(16-10-7-11-30-16)22(26)14-8-5-6-9-15(14)25(4)19(22)27/h5-11,17H,24H2,1-4H3/t17-,22-/m0/s1. The molecular formula is C22H22N4O3S. The molecule has 4 rings (SSSR count). The van der Waals surface area contributed by atoms with Crippen molar-refractivity contribution in [1.82, 2.24) is 4.90 Å². The highest BCUT2D eigenvalue weighted by Crippen LogP contribution is 2.59. The molecule has 0 fully saturated rings. The van der Waals surface area contributed by atoms with Crippen LogP contribution in [-0.4, -0.2) is 29.5 Å². The molecule has 0 bridgehead atoms. The molecule has 2 aromatic rings. The fraction of sp³-hybridized carbons (Fsp3) is 0.318. The first-order chi connectivity index (χ1) is 14.1. The minimum atomic E-state index is -1.52. The van der Waals surface area contributed by atoms with E-state index in [9.17, 15) is 14.9 Å². The summed E-state index contributed by atoms with van der Waals surface area (Å²) in [4.78, 5) is 30.7. The summed E-state index contributed by atoms with van der Waals surface area (Å²) in [5.74, 6) is -1.11. The highest BCUT2D eigenvalue weighted by molar-refractivity contribution is 7.10. The number of rotatable bonds is 1. The summed E-state index contributed by atoms with van der Waals surface area (Å²) in [6.45, 7) is 5.23. The Bertz CT molecular complexity index is 1110. The lowest BCUT2D eigenvalue weighted by molar-refractivity contribution is -0.128. The van der Waals surface area contributed by atoms with Crippen LogP contribution in [0, 0.1) is 11.3 Å². The number of likely N-dealkylation sites (N-methyl/N-ethyl adjacent to an activating group) is 1. The van der Waals surface area contributed by atoms with Gasteiger partial charge in [-0.25, -0.2) is 9.69 Å². The summed E-state index contributed by atoms with van der Waals surface area (Å²) in [6.07, 6.45) is -0.759. The number of nitriles is 1. The Hall–Kier alpha value is -3.31. The van der Waals surface area contributed by atoms with Crippen LogP contribution in [0.5, 0.6) is 0 Å². The summed E-state index contributed by atoms with van der Waals surface area (Å²) in [5, 5.41) is 11.9. The molecule has 7 nitrogen and oxygen atoms in total. The van der Waals surface area contributed by atoms with Gasteiger partial charge in [-0.2, -0.15) is 5.26 Å². The Morgan fingerprint density at radius 2 is 1.97 bits per heavy atom. The number of benzene rings is 1. The van der Waals surface area contributed by atoms with Crippen LogP contribution in [0.3, 0.4) is 0 Å². The highest BCUT2D eigenvalue weighted by Gasteiger charge is 2.67. The van der Waals surface area contributed by atoms with Crippen LogP contribution in [0.2, 0.25) is 0 Å². The Kier molecular flexibility index (Phi) is 4.40. The summed E-state index contributed by atoms with van der Waals surface area (Å²) in [7, 11) is 1.66. The highest BCUT2D eigenvalue weighted by atomic mass is 32.1. The zero-order valence-corrected chi connectivity index (χ0v) is 18.0. The number of carbonyl (C=O) groups excluding carboxylic acids is 2. The van der Waals surface area contributed by atoms with E-state index >= 15 is 0 Å². The lowest BCUT2D eigenvalue weighted by Gasteiger charge is -2.38. The summed E-state index contributed by atoms with van der Waals surface area (Å²) in [6, 6.07) is 13.1. The number of carbonyl (C=O) groups is 2. The first-order valence-electron chi connectivity index (χ1n) is 9.48. The van der Waals surface area contributed by atoms with Gasteiger partial charge in [0.1, 0.15) is 11.4 Å². The number of para-hydroxylation sites is 1. The van der Waals surface area contributed by atoms with Gasteiger partial charge in [-0.1, -0.05) is 24.3 Å². The summed E-state index contributed by atoms with van der Waals surface area (Å²) < 4.78 is 5.63. The van der Waals surface area contributed by atoms with Crippen molar-refractivity contribution in [3.05, 3.63) is 63.6 Å². The molecule has 154 valence electrons. The van der Waals surface area contributed by atoms with E-state index in [1.165, 1.54) is 21.1 Å². The van der Waals surface area contributed by atoms with Crippen molar-refractivity contribution in [3.63, 3.8) is 0 Å². The number of thiophene rings is 1. The van der Waals surface area contributed by atoms with Crippen LogP contribution in [0.15, 0.2) is 53.2 Å². The van der Waals surface area contributed by atoms with Gasteiger partial charge in [0.25, 0.3) is 5.91 Å². The second-order valence-electron chi connectivity index (χ2n) is 8.32. The molecular weight excluding hydrogens is 400 g/mol. The largest absolute Gasteiger partial charge is 0.443 e. The van der Waals surface area contributed by atoms with Crippen molar-refractivity contribution in [2.24, 2.45) is 5.73 Å². The molecule has 0 unspecified atom stereocenters. The predicted molar refractivity (Wildman–Crippen MR) is 113 cm³/mol. The smallest absolute Gasteiger partial charge is 0.417 e. The van der Waals surface area contributed by atoms with Gasteiger partial charge < -0.3 is 15.4 Å². The molecule has 2 aliphatic heterocycles. The number of fused-ring (bicyclic) bond motifs is 2. The minimum Gasteiger partial charge on any atom is -0.443 e. The van der Waals surface area contributed by atoms with E-state index in [4.69, 9.17) is 10.5 Å². The molecule has 2 atom stereocenters. The van der Waals surface area contributed by atoms with Gasteiger partial charge in [-0.05, 0) is 38.3 Å². The van der Waals surface area contributed by atoms with Crippen molar-refractivity contribution in [2.75, 3.05) is 11.9 Å². The van der Waals surface area contributed by atoms with Crippen LogP contribution >= 0.6 is 11.3 Å². The number of ether oxygens (including phenoxy) is 1. The second-order valence-corrected chi connectivity index (χ2v) is 9.30.